The zero-order valence-corrected chi connectivity index (χ0v) is 18.0. The Morgan fingerprint density at radius 1 is 1.21 bits per heavy atom. The molecule has 3 aromatic heterocycles. The van der Waals surface area contributed by atoms with E-state index in [2.05, 4.69) is 36.5 Å². The Kier molecular flexibility index (Phi) is 4.72. The molecule has 0 saturated heterocycles. The van der Waals surface area contributed by atoms with Crippen LogP contribution in [-0.4, -0.2) is 42.3 Å². The van der Waals surface area contributed by atoms with E-state index in [0.717, 1.165) is 31.9 Å². The largest absolute Gasteiger partial charge is 0.481 e. The van der Waals surface area contributed by atoms with Gasteiger partial charge in [-0.2, -0.15) is 10.4 Å². The van der Waals surface area contributed by atoms with E-state index >= 15 is 4.39 Å². The number of halogens is 2. The fraction of sp³-hybridized carbons (Fsp3) is 0.478. The van der Waals surface area contributed by atoms with E-state index in [4.69, 9.17) is 0 Å². The van der Waals surface area contributed by atoms with Crippen LogP contribution in [0.5, 0.6) is 0 Å². The second kappa shape index (κ2) is 7.68. The van der Waals surface area contributed by atoms with Gasteiger partial charge in [-0.1, -0.05) is 0 Å². The minimum Gasteiger partial charge on any atom is -0.481 e. The van der Waals surface area contributed by atoms with Crippen LogP contribution in [0.15, 0.2) is 12.3 Å². The average Bonchev–Trinajstić information content (AvgIpc) is 3.51. The van der Waals surface area contributed by atoms with Gasteiger partial charge < -0.3 is 10.4 Å². The van der Waals surface area contributed by atoms with Crippen LogP contribution < -0.4 is 5.32 Å². The topological polar surface area (TPSA) is 140 Å². The van der Waals surface area contributed by atoms with E-state index in [9.17, 15) is 19.6 Å². The number of carboxylic acids is 1. The van der Waals surface area contributed by atoms with Crippen LogP contribution in [0.3, 0.4) is 0 Å². The molecule has 4 atom stereocenters. The predicted octanol–water partition coefficient (Wildman–Crippen LogP) is 3.62. The number of hydrogen-bond donors (Lipinski definition) is 3. The van der Waals surface area contributed by atoms with Crippen molar-refractivity contribution in [2.45, 2.75) is 44.1 Å². The van der Waals surface area contributed by atoms with E-state index in [0.29, 0.717) is 11.8 Å². The Labute approximate surface area is 192 Å². The first-order chi connectivity index (χ1) is 16.4. The van der Waals surface area contributed by atoms with Crippen LogP contribution in [0.25, 0.3) is 22.6 Å². The van der Waals surface area contributed by atoms with Crippen LogP contribution in [0, 0.1) is 46.6 Å². The highest BCUT2D eigenvalue weighted by molar-refractivity contribution is 5.88. The highest BCUT2D eigenvalue weighted by Gasteiger charge is 2.48. The molecule has 0 aromatic carbocycles. The third-order valence-electron chi connectivity index (χ3n) is 7.59. The zero-order chi connectivity index (χ0) is 23.6. The number of rotatable bonds is 5. The minimum atomic E-state index is -0.894. The Morgan fingerprint density at radius 2 is 1.97 bits per heavy atom. The summed E-state index contributed by atoms with van der Waals surface area (Å²) in [5.74, 6) is -3.36. The maximum atomic E-state index is 15.7. The number of fused-ring (bicyclic) bond motifs is 4. The van der Waals surface area contributed by atoms with Crippen molar-refractivity contribution in [2.24, 2.45) is 23.7 Å². The molecule has 0 unspecified atom stereocenters. The number of aromatic amines is 1. The number of H-pyrrole nitrogens is 1. The fourth-order valence-corrected chi connectivity index (χ4v) is 5.77. The Bertz CT molecular complexity index is 1350. The first kappa shape index (κ1) is 20.9. The monoisotopic (exact) mass is 465 g/mol. The number of nitrogens with zero attached hydrogens (tertiary/aromatic N) is 5. The van der Waals surface area contributed by atoms with Gasteiger partial charge in [0.05, 0.1) is 35.2 Å². The summed E-state index contributed by atoms with van der Waals surface area (Å²) in [4.78, 5) is 24.8. The SMILES string of the molecule is N#C[C@H]1C[C@@H]1c1nc(-c2[nH]nc3ncc(F)cc23)nc(N[C@H]2C3CCC(CC3)[C@@H]2C(=O)O)c1F. The van der Waals surface area contributed by atoms with Gasteiger partial charge in [-0.25, -0.2) is 23.7 Å². The molecule has 4 aliphatic rings. The third kappa shape index (κ3) is 3.28. The van der Waals surface area contributed by atoms with Gasteiger partial charge in [0.15, 0.2) is 23.1 Å². The average molecular weight is 465 g/mol. The summed E-state index contributed by atoms with van der Waals surface area (Å²) in [5.41, 5.74) is 0.636. The molecule has 4 fully saturated rings. The highest BCUT2D eigenvalue weighted by Crippen LogP contribution is 2.49. The molecule has 3 N–H and O–H groups in total. The molecule has 2 bridgehead atoms. The lowest BCUT2D eigenvalue weighted by molar-refractivity contribution is -0.148. The second-order valence-corrected chi connectivity index (χ2v) is 9.51. The van der Waals surface area contributed by atoms with Crippen LogP contribution in [0.4, 0.5) is 14.6 Å². The molecule has 0 aliphatic heterocycles. The molecular formula is C23H21F2N7O2. The van der Waals surface area contributed by atoms with Gasteiger partial charge in [0.25, 0.3) is 0 Å². The molecule has 34 heavy (non-hydrogen) atoms. The van der Waals surface area contributed by atoms with Gasteiger partial charge in [-0.05, 0) is 50.0 Å². The van der Waals surface area contributed by atoms with Crippen molar-refractivity contribution >= 4 is 22.8 Å². The first-order valence-electron chi connectivity index (χ1n) is 11.4. The van der Waals surface area contributed by atoms with E-state index in [1.807, 2.05) is 0 Å². The van der Waals surface area contributed by atoms with Crippen molar-refractivity contribution in [3.63, 3.8) is 0 Å². The van der Waals surface area contributed by atoms with Crippen molar-refractivity contribution < 1.29 is 18.7 Å². The number of nitrogens with one attached hydrogen (secondary N) is 2. The lowest BCUT2D eigenvalue weighted by atomic mass is 9.61. The number of pyridine rings is 1. The van der Waals surface area contributed by atoms with Crippen LogP contribution >= 0.6 is 0 Å². The molecule has 9 nitrogen and oxygen atoms in total. The van der Waals surface area contributed by atoms with Gasteiger partial charge in [-0.15, -0.1) is 0 Å². The van der Waals surface area contributed by atoms with Crippen LogP contribution in [0.2, 0.25) is 0 Å². The molecular weight excluding hydrogens is 444 g/mol. The quantitative estimate of drug-likeness (QED) is 0.519. The third-order valence-corrected chi connectivity index (χ3v) is 7.59. The minimum absolute atomic E-state index is 0.0424. The van der Waals surface area contributed by atoms with Crippen molar-refractivity contribution in [1.82, 2.24) is 25.1 Å². The number of carbonyl (C=O) groups is 1. The van der Waals surface area contributed by atoms with E-state index in [-0.39, 0.29) is 52.3 Å². The predicted molar refractivity (Wildman–Crippen MR) is 115 cm³/mol. The molecule has 174 valence electrons. The first-order valence-corrected chi connectivity index (χ1v) is 11.4. The molecule has 3 heterocycles. The molecule has 11 heteroatoms. The van der Waals surface area contributed by atoms with Gasteiger partial charge in [0.1, 0.15) is 11.5 Å². The summed E-state index contributed by atoms with van der Waals surface area (Å²) in [6.07, 6.45) is 5.00. The number of aromatic nitrogens is 5. The number of hydrogen-bond acceptors (Lipinski definition) is 7. The molecule has 4 aliphatic carbocycles. The molecule has 0 spiro atoms. The maximum Gasteiger partial charge on any atom is 0.308 e. The van der Waals surface area contributed by atoms with Crippen molar-refractivity contribution in [2.75, 3.05) is 5.32 Å². The Hall–Kier alpha value is -3.68. The summed E-state index contributed by atoms with van der Waals surface area (Å²) >= 11 is 0. The maximum absolute atomic E-state index is 15.7. The standard InChI is InChI=1S/C23H21F2N7O2/c24-12-6-14-19(31-32-20(14)27-8-12)22-29-18(13-5-11(13)7-26)16(25)21(30-22)28-17-10-3-1-9(2-4-10)15(17)23(33)34/h6,8-11,13,15,17H,1-5H2,(H,33,34)(H,27,31,32)(H,28,29,30)/t9?,10?,11-,13+,15+,17+/m1/s1. The smallest absolute Gasteiger partial charge is 0.308 e. The zero-order valence-electron chi connectivity index (χ0n) is 18.0. The van der Waals surface area contributed by atoms with E-state index in [1.165, 1.54) is 6.07 Å². The second-order valence-electron chi connectivity index (χ2n) is 9.51. The van der Waals surface area contributed by atoms with Gasteiger partial charge in [0, 0.05) is 12.0 Å². The number of carboxylic acid groups (broad SMARTS) is 1. The summed E-state index contributed by atoms with van der Waals surface area (Å²) in [7, 11) is 0. The molecule has 0 amide bonds. The fourth-order valence-electron chi connectivity index (χ4n) is 5.77. The van der Waals surface area contributed by atoms with Gasteiger partial charge >= 0.3 is 5.97 Å². The number of aliphatic carboxylic acids is 1. The van der Waals surface area contributed by atoms with E-state index < -0.39 is 29.6 Å². The van der Waals surface area contributed by atoms with E-state index in [1.54, 1.807) is 0 Å². The number of nitriles is 1. The summed E-state index contributed by atoms with van der Waals surface area (Å²) in [6, 6.07) is 2.93. The van der Waals surface area contributed by atoms with Crippen molar-refractivity contribution in [3.05, 3.63) is 29.6 Å². The molecule has 3 aromatic rings. The lowest BCUT2D eigenvalue weighted by Gasteiger charge is -2.47. The molecule has 4 saturated carbocycles. The van der Waals surface area contributed by atoms with Crippen LogP contribution in [0.1, 0.15) is 43.7 Å². The normalized spacial score (nSPS) is 29.7. The Balaban J connectivity index is 1.46. The summed E-state index contributed by atoms with van der Waals surface area (Å²) in [5, 5.41) is 29.5. The molecule has 0 radical (unpaired) electrons. The molecule has 7 rings (SSSR count). The van der Waals surface area contributed by atoms with Crippen molar-refractivity contribution in [3.8, 4) is 17.6 Å². The Morgan fingerprint density at radius 3 is 2.68 bits per heavy atom. The lowest BCUT2D eigenvalue weighted by Crippen LogP contribution is -2.51. The summed E-state index contributed by atoms with van der Waals surface area (Å²) < 4.78 is 29.5. The van der Waals surface area contributed by atoms with Crippen LogP contribution in [-0.2, 0) is 4.79 Å². The summed E-state index contributed by atoms with van der Waals surface area (Å²) in [6.45, 7) is 0. The van der Waals surface area contributed by atoms with Crippen molar-refractivity contribution in [1.29, 1.82) is 5.26 Å². The highest BCUT2D eigenvalue weighted by atomic mass is 19.1. The van der Waals surface area contributed by atoms with Gasteiger partial charge in [-0.3, -0.25) is 9.89 Å². The van der Waals surface area contributed by atoms with Gasteiger partial charge in [0.2, 0.25) is 0 Å². The number of anilines is 1.